The van der Waals surface area contributed by atoms with Crippen molar-refractivity contribution in [2.45, 2.75) is 12.8 Å². The molecule has 3 rings (SSSR count). The molecule has 6 nitrogen and oxygen atoms in total. The lowest BCUT2D eigenvalue weighted by molar-refractivity contribution is -0.146. The van der Waals surface area contributed by atoms with E-state index in [1.807, 2.05) is 18.2 Å². The maximum atomic E-state index is 11.6. The van der Waals surface area contributed by atoms with E-state index in [1.54, 1.807) is 12.1 Å². The summed E-state index contributed by atoms with van der Waals surface area (Å²) in [6.07, 6.45) is 1.54. The highest BCUT2D eigenvalue weighted by atomic mass is 16.5. The van der Waals surface area contributed by atoms with Gasteiger partial charge in [0.25, 0.3) is 0 Å². The van der Waals surface area contributed by atoms with Gasteiger partial charge in [0.15, 0.2) is 0 Å². The highest BCUT2D eigenvalue weighted by Crippen LogP contribution is 2.25. The molecule has 126 valence electrons. The smallest absolute Gasteiger partial charge is 0.337 e. The molecule has 0 radical (unpaired) electrons. The van der Waals surface area contributed by atoms with Crippen molar-refractivity contribution < 1.29 is 19.1 Å². The molecule has 0 aliphatic carbocycles. The minimum atomic E-state index is -0.356. The molecule has 1 fully saturated rings. The molecule has 0 atom stereocenters. The van der Waals surface area contributed by atoms with Crippen LogP contribution in [0.25, 0.3) is 10.9 Å². The molecule has 24 heavy (non-hydrogen) atoms. The average molecular weight is 328 g/mol. The van der Waals surface area contributed by atoms with Crippen molar-refractivity contribution in [3.05, 3.63) is 35.9 Å². The number of pyridine rings is 1. The normalized spacial score (nSPS) is 15.3. The Labute approximate surface area is 140 Å². The van der Waals surface area contributed by atoms with Gasteiger partial charge in [0.1, 0.15) is 5.82 Å². The molecule has 1 aromatic carbocycles. The zero-order valence-electron chi connectivity index (χ0n) is 13.8. The number of carbonyl (C=O) groups is 2. The zero-order valence-corrected chi connectivity index (χ0v) is 13.8. The quantitative estimate of drug-likeness (QED) is 0.806. The summed E-state index contributed by atoms with van der Waals surface area (Å²) in [6, 6.07) is 9.22. The van der Waals surface area contributed by atoms with Crippen LogP contribution in [0.3, 0.4) is 0 Å². The van der Waals surface area contributed by atoms with E-state index >= 15 is 0 Å². The van der Waals surface area contributed by atoms with Crippen molar-refractivity contribution in [2.75, 3.05) is 32.2 Å². The zero-order chi connectivity index (χ0) is 17.1. The number of fused-ring (bicyclic) bond motifs is 1. The molecule has 0 spiro atoms. The van der Waals surface area contributed by atoms with Crippen LogP contribution in [0.4, 0.5) is 5.82 Å². The number of aromatic nitrogens is 1. The predicted molar refractivity (Wildman–Crippen MR) is 90.0 cm³/mol. The molecule has 1 aromatic heterocycles. The topological polar surface area (TPSA) is 68.7 Å². The van der Waals surface area contributed by atoms with Crippen molar-refractivity contribution in [1.29, 1.82) is 0 Å². The second-order valence-electron chi connectivity index (χ2n) is 5.85. The Morgan fingerprint density at radius 1 is 1.08 bits per heavy atom. The fraction of sp³-hybridized carbons (Fsp3) is 0.389. The number of ether oxygens (including phenoxy) is 2. The number of anilines is 1. The van der Waals surface area contributed by atoms with Gasteiger partial charge < -0.3 is 14.4 Å². The van der Waals surface area contributed by atoms with E-state index in [9.17, 15) is 9.59 Å². The van der Waals surface area contributed by atoms with Crippen molar-refractivity contribution in [3.8, 4) is 0 Å². The highest BCUT2D eigenvalue weighted by molar-refractivity contribution is 5.94. The van der Waals surface area contributed by atoms with Gasteiger partial charge in [0.05, 0.1) is 31.2 Å². The summed E-state index contributed by atoms with van der Waals surface area (Å²) in [4.78, 5) is 30.0. The second-order valence-corrected chi connectivity index (χ2v) is 5.85. The summed E-state index contributed by atoms with van der Waals surface area (Å²) in [5.74, 6) is 0.383. The first-order valence-corrected chi connectivity index (χ1v) is 7.94. The Morgan fingerprint density at radius 3 is 2.50 bits per heavy atom. The standard InChI is InChI=1S/C18H20N2O4/c1-23-17(21)12-7-9-20(10-8-12)16-6-4-13-11-14(18(22)24-2)3-5-15(13)19-16/h3-6,11-12H,7-10H2,1-2H3. The first-order valence-electron chi connectivity index (χ1n) is 7.94. The summed E-state index contributed by atoms with van der Waals surface area (Å²) in [5, 5.41) is 0.895. The van der Waals surface area contributed by atoms with Gasteiger partial charge in [-0.05, 0) is 43.2 Å². The number of hydrogen-bond donors (Lipinski definition) is 0. The van der Waals surface area contributed by atoms with Gasteiger partial charge in [-0.15, -0.1) is 0 Å². The van der Waals surface area contributed by atoms with E-state index in [0.29, 0.717) is 5.56 Å². The Bertz CT molecular complexity index is 767. The monoisotopic (exact) mass is 328 g/mol. The fourth-order valence-corrected chi connectivity index (χ4v) is 3.05. The Kier molecular flexibility index (Phi) is 4.64. The largest absolute Gasteiger partial charge is 0.469 e. The van der Waals surface area contributed by atoms with E-state index in [0.717, 1.165) is 42.7 Å². The first kappa shape index (κ1) is 16.2. The van der Waals surface area contributed by atoms with Crippen LogP contribution in [-0.4, -0.2) is 44.2 Å². The highest BCUT2D eigenvalue weighted by Gasteiger charge is 2.26. The number of carbonyl (C=O) groups excluding carboxylic acids is 2. The molecule has 0 unspecified atom stereocenters. The summed E-state index contributed by atoms with van der Waals surface area (Å²) in [6.45, 7) is 1.55. The minimum Gasteiger partial charge on any atom is -0.469 e. The molecule has 1 aliphatic heterocycles. The number of piperidine rings is 1. The van der Waals surface area contributed by atoms with Crippen LogP contribution in [0.2, 0.25) is 0 Å². The van der Waals surface area contributed by atoms with E-state index in [4.69, 9.17) is 9.47 Å². The third-order valence-corrected chi connectivity index (χ3v) is 4.45. The summed E-state index contributed by atoms with van der Waals surface area (Å²) >= 11 is 0. The number of benzene rings is 1. The Balaban J connectivity index is 1.77. The van der Waals surface area contributed by atoms with Crippen LogP contribution >= 0.6 is 0 Å². The lowest BCUT2D eigenvalue weighted by Gasteiger charge is -2.31. The van der Waals surface area contributed by atoms with Crippen molar-refractivity contribution in [1.82, 2.24) is 4.98 Å². The molecule has 0 amide bonds. The third kappa shape index (κ3) is 3.18. The number of methoxy groups -OCH3 is 2. The van der Waals surface area contributed by atoms with Gasteiger partial charge in [-0.1, -0.05) is 0 Å². The van der Waals surface area contributed by atoms with Gasteiger partial charge in [0, 0.05) is 18.5 Å². The van der Waals surface area contributed by atoms with Gasteiger partial charge in [0.2, 0.25) is 0 Å². The summed E-state index contributed by atoms with van der Waals surface area (Å²) < 4.78 is 9.55. The Hall–Kier alpha value is -2.63. The van der Waals surface area contributed by atoms with Gasteiger partial charge in [-0.25, -0.2) is 9.78 Å². The fourth-order valence-electron chi connectivity index (χ4n) is 3.05. The molecular formula is C18H20N2O4. The maximum absolute atomic E-state index is 11.6. The van der Waals surface area contributed by atoms with Crippen LogP contribution in [0, 0.1) is 5.92 Å². The number of nitrogens with zero attached hydrogens (tertiary/aromatic N) is 2. The predicted octanol–water partition coefficient (Wildman–Crippen LogP) is 2.41. The molecule has 0 N–H and O–H groups in total. The van der Waals surface area contributed by atoms with Gasteiger partial charge >= 0.3 is 11.9 Å². The lowest BCUT2D eigenvalue weighted by atomic mass is 9.97. The average Bonchev–Trinajstić information content (AvgIpc) is 2.66. The number of rotatable bonds is 3. The molecule has 2 heterocycles. The van der Waals surface area contributed by atoms with E-state index < -0.39 is 0 Å². The maximum Gasteiger partial charge on any atom is 0.337 e. The minimum absolute atomic E-state index is 0.0191. The summed E-state index contributed by atoms with van der Waals surface area (Å²) in [7, 11) is 2.80. The molecule has 0 saturated carbocycles. The second kappa shape index (κ2) is 6.86. The molecule has 2 aromatic rings. The van der Waals surface area contributed by atoms with Crippen LogP contribution in [0.15, 0.2) is 30.3 Å². The van der Waals surface area contributed by atoms with Gasteiger partial charge in [-0.3, -0.25) is 4.79 Å². The molecular weight excluding hydrogens is 308 g/mol. The first-order chi connectivity index (χ1) is 11.6. The van der Waals surface area contributed by atoms with Crippen molar-refractivity contribution in [3.63, 3.8) is 0 Å². The van der Waals surface area contributed by atoms with E-state index in [-0.39, 0.29) is 17.9 Å². The van der Waals surface area contributed by atoms with Crippen LogP contribution < -0.4 is 4.90 Å². The Morgan fingerprint density at radius 2 is 1.83 bits per heavy atom. The number of hydrogen-bond acceptors (Lipinski definition) is 6. The SMILES string of the molecule is COC(=O)c1ccc2nc(N3CCC(C(=O)OC)CC3)ccc2c1. The molecule has 1 aliphatic rings. The summed E-state index contributed by atoms with van der Waals surface area (Å²) in [5.41, 5.74) is 1.34. The van der Waals surface area contributed by atoms with Crippen molar-refractivity contribution in [2.24, 2.45) is 5.92 Å². The van der Waals surface area contributed by atoms with Crippen LogP contribution in [-0.2, 0) is 14.3 Å². The molecule has 0 bridgehead atoms. The molecule has 1 saturated heterocycles. The molecule has 6 heteroatoms. The lowest BCUT2D eigenvalue weighted by Crippen LogP contribution is -2.37. The van der Waals surface area contributed by atoms with E-state index in [2.05, 4.69) is 9.88 Å². The van der Waals surface area contributed by atoms with Gasteiger partial charge in [-0.2, -0.15) is 0 Å². The van der Waals surface area contributed by atoms with Crippen molar-refractivity contribution >= 4 is 28.7 Å². The third-order valence-electron chi connectivity index (χ3n) is 4.45. The van der Waals surface area contributed by atoms with Crippen LogP contribution in [0.5, 0.6) is 0 Å². The van der Waals surface area contributed by atoms with Crippen LogP contribution in [0.1, 0.15) is 23.2 Å². The van der Waals surface area contributed by atoms with E-state index in [1.165, 1.54) is 14.2 Å². The number of esters is 2.